The molecule has 1 aromatic heterocycles. The van der Waals surface area contributed by atoms with Crippen LogP contribution in [0.2, 0.25) is 0 Å². The molecule has 0 amide bonds. The molecule has 166 valence electrons. The Balaban J connectivity index is 1.73. The number of Topliss-reactive ketones (excluding diaryl/α,β-unsaturated/α-hetero) is 1. The molecule has 5 nitrogen and oxygen atoms in total. The lowest BCUT2D eigenvalue weighted by atomic mass is 9.73. The quantitative estimate of drug-likeness (QED) is 0.590. The number of hydrogen-bond acceptors (Lipinski definition) is 6. The van der Waals surface area contributed by atoms with Crippen molar-refractivity contribution in [2.75, 3.05) is 14.1 Å². The Kier molecular flexibility index (Phi) is 5.32. The minimum absolute atomic E-state index is 0.0838. The van der Waals surface area contributed by atoms with Gasteiger partial charge in [-0.3, -0.25) is 9.80 Å². The first-order valence-electron chi connectivity index (χ1n) is 11.1. The molecule has 0 saturated heterocycles. The second kappa shape index (κ2) is 8.18. The van der Waals surface area contributed by atoms with Crippen LogP contribution in [0.3, 0.4) is 0 Å². The summed E-state index contributed by atoms with van der Waals surface area (Å²) in [4.78, 5) is 14.8. The van der Waals surface area contributed by atoms with Crippen LogP contribution in [0.4, 0.5) is 0 Å². The van der Waals surface area contributed by atoms with E-state index in [1.54, 1.807) is 11.3 Å². The van der Waals surface area contributed by atoms with Gasteiger partial charge in [-0.1, -0.05) is 48.5 Å². The molecule has 5 rings (SSSR count). The van der Waals surface area contributed by atoms with E-state index < -0.39 is 5.92 Å². The van der Waals surface area contributed by atoms with E-state index in [4.69, 9.17) is 5.73 Å². The zero-order valence-electron chi connectivity index (χ0n) is 19.0. The number of fused-ring (bicyclic) bond motifs is 1. The molecule has 1 aliphatic carbocycles. The van der Waals surface area contributed by atoms with Gasteiger partial charge in [-0.15, -0.1) is 11.3 Å². The number of ketones is 1. The molecule has 0 bridgehead atoms. The number of benzene rings is 2. The van der Waals surface area contributed by atoms with Gasteiger partial charge in [0.05, 0.1) is 17.6 Å². The van der Waals surface area contributed by atoms with E-state index in [1.807, 2.05) is 54.4 Å². The largest absolute Gasteiger partial charge is 0.383 e. The number of hydrogen-bond donors (Lipinski definition) is 1. The Bertz CT molecular complexity index is 1360. The van der Waals surface area contributed by atoms with E-state index in [1.165, 1.54) is 0 Å². The van der Waals surface area contributed by atoms with E-state index >= 15 is 0 Å². The first-order valence-corrected chi connectivity index (χ1v) is 11.9. The summed E-state index contributed by atoms with van der Waals surface area (Å²) in [5.74, 6) is 0.159. The molecule has 2 heterocycles. The van der Waals surface area contributed by atoms with Crippen molar-refractivity contribution in [3.05, 3.63) is 93.3 Å². The Morgan fingerprint density at radius 3 is 2.45 bits per heavy atom. The fraction of sp³-hybridized carbons (Fsp3) is 0.259. The van der Waals surface area contributed by atoms with Gasteiger partial charge >= 0.3 is 0 Å². The number of allylic oxidation sites excluding steroid dienone is 3. The molecule has 6 heteroatoms. The van der Waals surface area contributed by atoms with Gasteiger partial charge < -0.3 is 5.73 Å². The third-order valence-corrected chi connectivity index (χ3v) is 8.09. The highest BCUT2D eigenvalue weighted by Gasteiger charge is 2.44. The highest BCUT2D eigenvalue weighted by molar-refractivity contribution is 7.19. The summed E-state index contributed by atoms with van der Waals surface area (Å²) < 4.78 is 1.16. The van der Waals surface area contributed by atoms with E-state index in [0.29, 0.717) is 24.2 Å². The van der Waals surface area contributed by atoms with Crippen LogP contribution in [0.15, 0.2) is 77.3 Å². The van der Waals surface area contributed by atoms with Crippen LogP contribution in [0.1, 0.15) is 40.7 Å². The van der Waals surface area contributed by atoms with Crippen LogP contribution in [-0.2, 0) is 4.79 Å². The van der Waals surface area contributed by atoms with Crippen molar-refractivity contribution in [1.29, 1.82) is 5.26 Å². The number of nitriles is 1. The maximum atomic E-state index is 13.8. The minimum Gasteiger partial charge on any atom is -0.383 e. The fourth-order valence-corrected chi connectivity index (χ4v) is 6.59. The molecular weight excluding hydrogens is 428 g/mol. The van der Waals surface area contributed by atoms with Gasteiger partial charge in [0.1, 0.15) is 5.82 Å². The molecule has 0 fully saturated rings. The summed E-state index contributed by atoms with van der Waals surface area (Å²) in [6.07, 6.45) is 1.13. The van der Waals surface area contributed by atoms with Crippen LogP contribution >= 0.6 is 11.3 Å². The van der Waals surface area contributed by atoms with Crippen LogP contribution in [0.5, 0.6) is 0 Å². The normalized spacial score (nSPS) is 21.1. The summed E-state index contributed by atoms with van der Waals surface area (Å²) in [5, 5.41) is 15.1. The molecule has 2 N–H and O–H groups in total. The SMILES string of the molecule is Cc1c([C@H]2C(C#N)=C(N)N(N(C)C)C3=C2C(=O)C[C@H](c2ccccc2)C3)sc2ccccc12. The van der Waals surface area contributed by atoms with Crippen molar-refractivity contribution >= 4 is 27.2 Å². The van der Waals surface area contributed by atoms with Crippen molar-refractivity contribution in [1.82, 2.24) is 10.0 Å². The maximum Gasteiger partial charge on any atom is 0.162 e. The molecule has 0 saturated carbocycles. The Morgan fingerprint density at radius 1 is 1.09 bits per heavy atom. The van der Waals surface area contributed by atoms with Gasteiger partial charge in [0, 0.05) is 41.4 Å². The van der Waals surface area contributed by atoms with Gasteiger partial charge in [0.25, 0.3) is 0 Å². The number of rotatable bonds is 3. The minimum atomic E-state index is -0.428. The maximum absolute atomic E-state index is 13.8. The third kappa shape index (κ3) is 3.36. The Labute approximate surface area is 198 Å². The summed E-state index contributed by atoms with van der Waals surface area (Å²) in [7, 11) is 3.79. The predicted molar refractivity (Wildman–Crippen MR) is 132 cm³/mol. The molecular formula is C27H26N4OS. The standard InChI is InChI=1S/C27H26N4OS/c1-16-19-11-7-8-12-23(19)33-26(16)24-20(15-28)27(29)31(30(2)3)21-13-18(14-22(32)25(21)24)17-9-5-4-6-10-17/h4-12,18,24H,13-14,29H2,1-3H3/t18-,24+/m1/s1. The lowest BCUT2D eigenvalue weighted by molar-refractivity contribution is -0.117. The molecule has 2 atom stereocenters. The third-order valence-electron chi connectivity index (χ3n) is 6.75. The van der Waals surface area contributed by atoms with Crippen molar-refractivity contribution in [3.8, 4) is 6.07 Å². The summed E-state index contributed by atoms with van der Waals surface area (Å²) in [5.41, 5.74) is 11.0. The lowest BCUT2D eigenvalue weighted by Crippen LogP contribution is -2.46. The van der Waals surface area contributed by atoms with Crippen LogP contribution in [0, 0.1) is 18.3 Å². The van der Waals surface area contributed by atoms with E-state index in [-0.39, 0.29) is 11.7 Å². The molecule has 0 unspecified atom stereocenters. The van der Waals surface area contributed by atoms with Gasteiger partial charge in [-0.2, -0.15) is 5.26 Å². The summed E-state index contributed by atoms with van der Waals surface area (Å²) in [6.45, 7) is 2.08. The van der Waals surface area contributed by atoms with Gasteiger partial charge in [-0.05, 0) is 41.8 Å². The van der Waals surface area contributed by atoms with Gasteiger partial charge in [-0.25, -0.2) is 5.01 Å². The number of thiophene rings is 1. The topological polar surface area (TPSA) is 73.4 Å². The molecule has 3 aromatic rings. The predicted octanol–water partition coefficient (Wildman–Crippen LogP) is 5.18. The van der Waals surface area contributed by atoms with Crippen molar-refractivity contribution in [2.45, 2.75) is 31.6 Å². The number of nitrogens with zero attached hydrogens (tertiary/aromatic N) is 3. The highest BCUT2D eigenvalue weighted by atomic mass is 32.1. The highest BCUT2D eigenvalue weighted by Crippen LogP contribution is 2.51. The van der Waals surface area contributed by atoms with Gasteiger partial charge in [0.15, 0.2) is 5.78 Å². The summed E-state index contributed by atoms with van der Waals surface area (Å²) >= 11 is 1.66. The molecule has 0 radical (unpaired) electrons. The fourth-order valence-electron chi connectivity index (χ4n) is 5.26. The lowest BCUT2D eigenvalue weighted by Gasteiger charge is -2.43. The zero-order chi connectivity index (χ0) is 23.3. The molecule has 33 heavy (non-hydrogen) atoms. The Morgan fingerprint density at radius 2 is 1.79 bits per heavy atom. The number of carbonyl (C=O) groups excluding carboxylic acids is 1. The van der Waals surface area contributed by atoms with Crippen LogP contribution in [-0.4, -0.2) is 29.9 Å². The molecule has 2 aliphatic rings. The monoisotopic (exact) mass is 454 g/mol. The number of hydrazine groups is 1. The summed E-state index contributed by atoms with van der Waals surface area (Å²) in [6, 6.07) is 20.8. The average Bonchev–Trinajstić information content (AvgIpc) is 3.14. The van der Waals surface area contributed by atoms with Crippen molar-refractivity contribution in [3.63, 3.8) is 0 Å². The van der Waals surface area contributed by atoms with E-state index in [9.17, 15) is 10.1 Å². The smallest absolute Gasteiger partial charge is 0.162 e. The number of carbonyl (C=O) groups is 1. The molecule has 0 spiro atoms. The molecule has 1 aliphatic heterocycles. The first-order chi connectivity index (χ1) is 15.9. The van der Waals surface area contributed by atoms with Crippen molar-refractivity contribution in [2.24, 2.45) is 5.73 Å². The second-order valence-corrected chi connectivity index (χ2v) is 9.97. The average molecular weight is 455 g/mol. The van der Waals surface area contributed by atoms with E-state index in [0.717, 1.165) is 37.4 Å². The molecule has 2 aromatic carbocycles. The van der Waals surface area contributed by atoms with Gasteiger partial charge in [0.2, 0.25) is 0 Å². The number of aryl methyl sites for hydroxylation is 1. The second-order valence-electron chi connectivity index (χ2n) is 8.89. The first kappa shape index (κ1) is 21.4. The zero-order valence-corrected chi connectivity index (χ0v) is 19.8. The van der Waals surface area contributed by atoms with E-state index in [2.05, 4.69) is 37.3 Å². The number of nitrogens with two attached hydrogens (primary N) is 1. The Hall–Kier alpha value is -3.40. The van der Waals surface area contributed by atoms with Crippen molar-refractivity contribution < 1.29 is 4.79 Å². The van der Waals surface area contributed by atoms with Crippen LogP contribution < -0.4 is 5.73 Å². The van der Waals surface area contributed by atoms with Crippen LogP contribution in [0.25, 0.3) is 10.1 Å².